The van der Waals surface area contributed by atoms with Gasteiger partial charge in [0.05, 0.1) is 0 Å². The van der Waals surface area contributed by atoms with Crippen molar-refractivity contribution in [1.82, 2.24) is 9.80 Å². The van der Waals surface area contributed by atoms with Crippen molar-refractivity contribution in [3.8, 4) is 0 Å². The topological polar surface area (TPSA) is 40.6 Å². The predicted molar refractivity (Wildman–Crippen MR) is 97.4 cm³/mol. The highest BCUT2D eigenvalue weighted by atomic mass is 35.5. The van der Waals surface area contributed by atoms with E-state index in [1.54, 1.807) is 0 Å². The van der Waals surface area contributed by atoms with Gasteiger partial charge in [-0.15, -0.1) is 0 Å². The average molecular weight is 361 g/mol. The Balaban J connectivity index is 1.31. The average Bonchev–Trinajstić information content (AvgIpc) is 3.37. The van der Waals surface area contributed by atoms with Gasteiger partial charge < -0.3 is 9.80 Å². The Morgan fingerprint density at radius 3 is 2.20 bits per heavy atom. The van der Waals surface area contributed by atoms with Crippen molar-refractivity contribution in [3.63, 3.8) is 0 Å². The maximum absolute atomic E-state index is 12.9. The van der Waals surface area contributed by atoms with E-state index in [1.807, 2.05) is 28.0 Å². The van der Waals surface area contributed by atoms with Gasteiger partial charge in [0, 0.05) is 49.0 Å². The van der Waals surface area contributed by atoms with Crippen LogP contribution >= 0.6 is 11.6 Å². The zero-order valence-corrected chi connectivity index (χ0v) is 15.3. The number of piperidine rings is 1. The summed E-state index contributed by atoms with van der Waals surface area (Å²) in [5.41, 5.74) is 1.23. The Morgan fingerprint density at radius 2 is 1.52 bits per heavy atom. The number of nitrogens with zero attached hydrogens (tertiary/aromatic N) is 2. The Bertz CT molecular complexity index is 665. The van der Waals surface area contributed by atoms with E-state index in [-0.39, 0.29) is 17.7 Å². The van der Waals surface area contributed by atoms with Gasteiger partial charge in [-0.1, -0.05) is 23.7 Å². The summed E-state index contributed by atoms with van der Waals surface area (Å²) in [5, 5.41) is 0.759. The number of carbonyl (C=O) groups is 2. The molecule has 4 nitrogen and oxygen atoms in total. The number of hydrogen-bond acceptors (Lipinski definition) is 2. The first-order valence-electron chi connectivity index (χ1n) is 9.45. The molecule has 134 valence electrons. The van der Waals surface area contributed by atoms with Crippen molar-refractivity contribution >= 4 is 23.4 Å². The fourth-order valence-corrected chi connectivity index (χ4v) is 4.39. The molecule has 3 aliphatic rings. The zero-order chi connectivity index (χ0) is 17.4. The maximum Gasteiger partial charge on any atom is 0.225 e. The fourth-order valence-electron chi connectivity index (χ4n) is 4.19. The highest BCUT2D eigenvalue weighted by Crippen LogP contribution is 2.34. The summed E-state index contributed by atoms with van der Waals surface area (Å²) in [6.45, 7) is 3.12. The minimum absolute atomic E-state index is 0.0846. The summed E-state index contributed by atoms with van der Waals surface area (Å²) >= 11 is 6.10. The lowest BCUT2D eigenvalue weighted by molar-refractivity contribution is -0.140. The number of carbonyl (C=O) groups excluding carboxylic acids is 2. The van der Waals surface area contributed by atoms with Crippen LogP contribution in [0, 0.1) is 11.8 Å². The Labute approximate surface area is 154 Å². The fraction of sp³-hybridized carbons (Fsp3) is 0.600. The van der Waals surface area contributed by atoms with Crippen LogP contribution in [0.25, 0.3) is 0 Å². The SMILES string of the molecule is O=C(C1CC1)N1CCC(C(=O)N2CC[C@@H](c3cccc(Cl)c3)C2)CC1. The van der Waals surface area contributed by atoms with Gasteiger partial charge in [-0.05, 0) is 49.8 Å². The smallest absolute Gasteiger partial charge is 0.225 e. The first-order valence-corrected chi connectivity index (χ1v) is 9.82. The van der Waals surface area contributed by atoms with Crippen LogP contribution in [-0.4, -0.2) is 47.8 Å². The molecule has 5 heteroatoms. The monoisotopic (exact) mass is 360 g/mol. The van der Waals surface area contributed by atoms with Gasteiger partial charge in [0.1, 0.15) is 0 Å². The minimum atomic E-state index is 0.0846. The molecule has 0 unspecified atom stereocenters. The third-order valence-electron chi connectivity index (χ3n) is 5.90. The Morgan fingerprint density at radius 1 is 0.880 bits per heavy atom. The minimum Gasteiger partial charge on any atom is -0.342 e. The molecule has 0 aromatic heterocycles. The second kappa shape index (κ2) is 6.99. The van der Waals surface area contributed by atoms with E-state index >= 15 is 0 Å². The lowest BCUT2D eigenvalue weighted by Crippen LogP contribution is -2.44. The second-order valence-corrected chi connectivity index (χ2v) is 8.14. The molecule has 1 aliphatic carbocycles. The van der Waals surface area contributed by atoms with Crippen molar-refractivity contribution in [2.24, 2.45) is 11.8 Å². The van der Waals surface area contributed by atoms with Crippen molar-refractivity contribution in [2.45, 2.75) is 38.0 Å². The molecule has 1 aromatic rings. The van der Waals surface area contributed by atoms with E-state index in [0.717, 1.165) is 63.3 Å². The second-order valence-electron chi connectivity index (χ2n) is 7.70. The van der Waals surface area contributed by atoms with Crippen molar-refractivity contribution in [2.75, 3.05) is 26.2 Å². The lowest BCUT2D eigenvalue weighted by Gasteiger charge is -2.33. The Hall–Kier alpha value is -1.55. The quantitative estimate of drug-likeness (QED) is 0.829. The highest BCUT2D eigenvalue weighted by Gasteiger charge is 2.37. The molecule has 25 heavy (non-hydrogen) atoms. The first kappa shape index (κ1) is 16.9. The lowest BCUT2D eigenvalue weighted by atomic mass is 9.95. The van der Waals surface area contributed by atoms with Gasteiger partial charge in [0.2, 0.25) is 11.8 Å². The Kier molecular flexibility index (Phi) is 4.72. The normalized spacial score (nSPS) is 24.6. The highest BCUT2D eigenvalue weighted by molar-refractivity contribution is 6.30. The van der Waals surface area contributed by atoms with Crippen LogP contribution in [0.15, 0.2) is 24.3 Å². The van der Waals surface area contributed by atoms with Gasteiger partial charge in [0.15, 0.2) is 0 Å². The molecule has 2 heterocycles. The number of rotatable bonds is 3. The number of halogens is 1. The predicted octanol–water partition coefficient (Wildman–Crippen LogP) is 3.30. The molecule has 2 saturated heterocycles. The first-order chi connectivity index (χ1) is 12.1. The van der Waals surface area contributed by atoms with Gasteiger partial charge in [-0.25, -0.2) is 0 Å². The molecule has 0 spiro atoms. The van der Waals surface area contributed by atoms with Crippen molar-refractivity contribution < 1.29 is 9.59 Å². The van der Waals surface area contributed by atoms with E-state index in [9.17, 15) is 9.59 Å². The molecular formula is C20H25ClN2O2. The number of benzene rings is 1. The molecule has 4 rings (SSSR count). The van der Waals surface area contributed by atoms with Crippen LogP contribution in [0.2, 0.25) is 5.02 Å². The van der Waals surface area contributed by atoms with E-state index < -0.39 is 0 Å². The van der Waals surface area contributed by atoms with Crippen LogP contribution in [-0.2, 0) is 9.59 Å². The molecule has 1 saturated carbocycles. The van der Waals surface area contributed by atoms with Crippen LogP contribution in [0.5, 0.6) is 0 Å². The molecule has 1 aromatic carbocycles. The van der Waals surface area contributed by atoms with E-state index in [0.29, 0.717) is 11.8 Å². The molecule has 3 fully saturated rings. The van der Waals surface area contributed by atoms with Crippen molar-refractivity contribution in [3.05, 3.63) is 34.9 Å². The summed E-state index contributed by atoms with van der Waals surface area (Å²) in [6.07, 6.45) is 4.74. The third kappa shape index (κ3) is 3.69. The van der Waals surface area contributed by atoms with Crippen molar-refractivity contribution in [1.29, 1.82) is 0 Å². The van der Waals surface area contributed by atoms with Crippen LogP contribution < -0.4 is 0 Å². The van der Waals surface area contributed by atoms with E-state index in [4.69, 9.17) is 11.6 Å². The molecule has 0 bridgehead atoms. The van der Waals surface area contributed by atoms with Gasteiger partial charge >= 0.3 is 0 Å². The number of likely N-dealkylation sites (tertiary alicyclic amines) is 2. The van der Waals surface area contributed by atoms with E-state index in [1.165, 1.54) is 5.56 Å². The molecule has 2 amide bonds. The van der Waals surface area contributed by atoms with Crippen LogP contribution in [0.1, 0.15) is 43.6 Å². The summed E-state index contributed by atoms with van der Waals surface area (Å²) < 4.78 is 0. The molecular weight excluding hydrogens is 336 g/mol. The number of hydrogen-bond donors (Lipinski definition) is 0. The molecule has 0 radical (unpaired) electrons. The summed E-state index contributed by atoms with van der Waals surface area (Å²) in [7, 11) is 0. The summed E-state index contributed by atoms with van der Waals surface area (Å²) in [4.78, 5) is 29.0. The third-order valence-corrected chi connectivity index (χ3v) is 6.14. The summed E-state index contributed by atoms with van der Waals surface area (Å²) in [6, 6.07) is 7.99. The van der Waals surface area contributed by atoms with Gasteiger partial charge in [-0.2, -0.15) is 0 Å². The number of amides is 2. The molecule has 2 aliphatic heterocycles. The summed E-state index contributed by atoms with van der Waals surface area (Å²) in [5.74, 6) is 1.35. The van der Waals surface area contributed by atoms with Crippen LogP contribution in [0.3, 0.4) is 0 Å². The van der Waals surface area contributed by atoms with Gasteiger partial charge in [0.25, 0.3) is 0 Å². The molecule has 0 N–H and O–H groups in total. The van der Waals surface area contributed by atoms with Gasteiger partial charge in [-0.3, -0.25) is 9.59 Å². The largest absolute Gasteiger partial charge is 0.342 e. The van der Waals surface area contributed by atoms with E-state index in [2.05, 4.69) is 6.07 Å². The zero-order valence-electron chi connectivity index (χ0n) is 14.5. The van der Waals surface area contributed by atoms with Crippen LogP contribution in [0.4, 0.5) is 0 Å². The molecule has 1 atom stereocenters. The standard InChI is InChI=1S/C20H25ClN2O2/c21-18-3-1-2-16(12-18)17-8-11-23(13-17)20(25)15-6-9-22(10-7-15)19(24)14-4-5-14/h1-3,12,14-15,17H,4-11,13H2/t17-/m1/s1. The maximum atomic E-state index is 12.9.